The molecule has 0 aliphatic heterocycles. The Morgan fingerprint density at radius 2 is 2.10 bits per heavy atom. The van der Waals surface area contributed by atoms with E-state index in [1.807, 2.05) is 5.38 Å². The number of aromatic carboxylic acids is 1. The van der Waals surface area contributed by atoms with Crippen molar-refractivity contribution >= 4 is 60.9 Å². The molecule has 0 aliphatic carbocycles. The molecule has 2 rings (SSSR count). The van der Waals surface area contributed by atoms with Crippen molar-refractivity contribution in [2.24, 2.45) is 0 Å². The van der Waals surface area contributed by atoms with Gasteiger partial charge in [-0.25, -0.2) is 14.6 Å². The van der Waals surface area contributed by atoms with E-state index >= 15 is 0 Å². The fourth-order valence-electron chi connectivity index (χ4n) is 1.52. The number of aromatic nitrogens is 1. The SMILES string of the molecule is O=C(NCc1cscn1)Nc1c(Br)cc(Br)cc1C(=O)O. The third kappa shape index (κ3) is 4.26. The molecule has 3 N–H and O–H groups in total. The van der Waals surface area contributed by atoms with E-state index < -0.39 is 12.0 Å². The summed E-state index contributed by atoms with van der Waals surface area (Å²) in [6.45, 7) is 0.270. The Kier molecular flexibility index (Phi) is 5.32. The molecule has 0 bridgehead atoms. The van der Waals surface area contributed by atoms with Crippen LogP contribution in [0.3, 0.4) is 0 Å². The molecule has 0 unspecified atom stereocenters. The zero-order valence-corrected chi connectivity index (χ0v) is 14.4. The van der Waals surface area contributed by atoms with Gasteiger partial charge in [-0.3, -0.25) is 0 Å². The average molecular weight is 435 g/mol. The molecule has 21 heavy (non-hydrogen) atoms. The number of rotatable bonds is 4. The van der Waals surface area contributed by atoms with Crippen molar-refractivity contribution in [1.82, 2.24) is 10.3 Å². The number of hydrogen-bond acceptors (Lipinski definition) is 4. The number of hydrogen-bond donors (Lipinski definition) is 3. The van der Waals surface area contributed by atoms with Crippen molar-refractivity contribution in [2.75, 3.05) is 5.32 Å². The lowest BCUT2D eigenvalue weighted by molar-refractivity contribution is 0.0698. The van der Waals surface area contributed by atoms with Crippen LogP contribution in [0.25, 0.3) is 0 Å². The molecule has 1 heterocycles. The molecule has 9 heteroatoms. The quantitative estimate of drug-likeness (QED) is 0.684. The number of urea groups is 1. The minimum atomic E-state index is -1.13. The Hall–Kier alpha value is -1.45. The predicted molar refractivity (Wildman–Crippen MR) is 86.8 cm³/mol. The predicted octanol–water partition coefficient (Wildman–Crippen LogP) is 3.69. The Morgan fingerprint density at radius 3 is 2.71 bits per heavy atom. The number of benzene rings is 1. The third-order valence-corrected chi connectivity index (χ3v) is 4.16. The average Bonchev–Trinajstić information content (AvgIpc) is 2.92. The largest absolute Gasteiger partial charge is 0.478 e. The molecule has 110 valence electrons. The molecule has 2 amide bonds. The Balaban J connectivity index is 2.11. The number of amides is 2. The van der Waals surface area contributed by atoms with E-state index in [-0.39, 0.29) is 17.8 Å². The number of nitrogens with zero attached hydrogens (tertiary/aromatic N) is 1. The fourth-order valence-corrected chi connectivity index (χ4v) is 3.41. The molecule has 1 aromatic carbocycles. The van der Waals surface area contributed by atoms with E-state index in [4.69, 9.17) is 0 Å². The van der Waals surface area contributed by atoms with Crippen LogP contribution >= 0.6 is 43.2 Å². The van der Waals surface area contributed by atoms with Crippen LogP contribution in [0.2, 0.25) is 0 Å². The van der Waals surface area contributed by atoms with Gasteiger partial charge in [-0.15, -0.1) is 11.3 Å². The lowest BCUT2D eigenvalue weighted by atomic mass is 10.2. The van der Waals surface area contributed by atoms with Gasteiger partial charge in [-0.1, -0.05) is 15.9 Å². The highest BCUT2D eigenvalue weighted by atomic mass is 79.9. The second-order valence-corrected chi connectivity index (χ2v) is 6.39. The van der Waals surface area contributed by atoms with Gasteiger partial charge in [-0.05, 0) is 28.1 Å². The van der Waals surface area contributed by atoms with E-state index in [0.29, 0.717) is 8.95 Å². The number of carbonyl (C=O) groups is 2. The van der Waals surface area contributed by atoms with Crippen LogP contribution in [0.4, 0.5) is 10.5 Å². The summed E-state index contributed by atoms with van der Waals surface area (Å²) in [5.74, 6) is -1.13. The molecule has 0 aliphatic rings. The summed E-state index contributed by atoms with van der Waals surface area (Å²) in [7, 11) is 0. The summed E-state index contributed by atoms with van der Waals surface area (Å²) in [5.41, 5.74) is 2.59. The monoisotopic (exact) mass is 433 g/mol. The van der Waals surface area contributed by atoms with Gasteiger partial charge in [0.1, 0.15) is 0 Å². The maximum Gasteiger partial charge on any atom is 0.337 e. The lowest BCUT2D eigenvalue weighted by Crippen LogP contribution is -2.29. The van der Waals surface area contributed by atoms with Crippen molar-refractivity contribution < 1.29 is 14.7 Å². The minimum Gasteiger partial charge on any atom is -0.478 e. The van der Waals surface area contributed by atoms with Crippen molar-refractivity contribution in [3.05, 3.63) is 43.2 Å². The summed E-state index contributed by atoms with van der Waals surface area (Å²) in [4.78, 5) is 27.1. The number of thiazole rings is 1. The fraction of sp³-hybridized carbons (Fsp3) is 0.0833. The van der Waals surface area contributed by atoms with Crippen LogP contribution in [0.15, 0.2) is 32.0 Å². The first kappa shape index (κ1) is 15.9. The molecule has 0 radical (unpaired) electrons. The molecule has 2 aromatic rings. The number of carbonyl (C=O) groups excluding carboxylic acids is 1. The van der Waals surface area contributed by atoms with E-state index in [9.17, 15) is 14.7 Å². The maximum absolute atomic E-state index is 11.8. The van der Waals surface area contributed by atoms with Crippen LogP contribution < -0.4 is 10.6 Å². The molecule has 6 nitrogen and oxygen atoms in total. The standard InChI is InChI=1S/C12H9Br2N3O3S/c13-6-1-8(11(18)19)10(9(14)2-6)17-12(20)15-3-7-4-21-5-16-7/h1-2,4-5H,3H2,(H,18,19)(H2,15,17,20). The van der Waals surface area contributed by atoms with E-state index in [1.54, 1.807) is 11.6 Å². The first-order valence-electron chi connectivity index (χ1n) is 5.61. The highest BCUT2D eigenvalue weighted by Gasteiger charge is 2.16. The van der Waals surface area contributed by atoms with Gasteiger partial charge < -0.3 is 15.7 Å². The number of carboxylic acid groups (broad SMARTS) is 1. The highest BCUT2D eigenvalue weighted by molar-refractivity contribution is 9.11. The van der Waals surface area contributed by atoms with Crippen LogP contribution in [-0.4, -0.2) is 22.1 Å². The molecular weight excluding hydrogens is 426 g/mol. The second-order valence-electron chi connectivity index (χ2n) is 3.90. The molecule has 0 spiro atoms. The second kappa shape index (κ2) is 7.01. The summed E-state index contributed by atoms with van der Waals surface area (Å²) in [6.07, 6.45) is 0. The smallest absolute Gasteiger partial charge is 0.337 e. The van der Waals surface area contributed by atoms with Gasteiger partial charge >= 0.3 is 12.0 Å². The first-order chi connectivity index (χ1) is 9.97. The zero-order chi connectivity index (χ0) is 15.4. The third-order valence-electron chi connectivity index (χ3n) is 2.44. The first-order valence-corrected chi connectivity index (χ1v) is 8.14. The molecule has 0 atom stereocenters. The highest BCUT2D eigenvalue weighted by Crippen LogP contribution is 2.30. The maximum atomic E-state index is 11.8. The molecule has 0 saturated heterocycles. The number of halogens is 2. The van der Waals surface area contributed by atoms with Crippen molar-refractivity contribution in [1.29, 1.82) is 0 Å². The van der Waals surface area contributed by atoms with E-state index in [2.05, 4.69) is 47.5 Å². The van der Waals surface area contributed by atoms with Gasteiger partial charge in [0.05, 0.1) is 29.0 Å². The van der Waals surface area contributed by atoms with Crippen molar-refractivity contribution in [3.8, 4) is 0 Å². The van der Waals surface area contributed by atoms with Gasteiger partial charge in [0.15, 0.2) is 0 Å². The number of anilines is 1. The van der Waals surface area contributed by atoms with Crippen molar-refractivity contribution in [2.45, 2.75) is 6.54 Å². The Bertz CT molecular complexity index is 677. The van der Waals surface area contributed by atoms with Crippen molar-refractivity contribution in [3.63, 3.8) is 0 Å². The van der Waals surface area contributed by atoms with Crippen LogP contribution in [-0.2, 0) is 6.54 Å². The lowest BCUT2D eigenvalue weighted by Gasteiger charge is -2.12. The minimum absolute atomic E-state index is 0.0138. The normalized spacial score (nSPS) is 10.2. The number of carboxylic acids is 1. The topological polar surface area (TPSA) is 91.3 Å². The van der Waals surface area contributed by atoms with Crippen LogP contribution in [0, 0.1) is 0 Å². The molecule has 0 fully saturated rings. The molecule has 0 saturated carbocycles. The summed E-state index contributed by atoms with van der Waals surface area (Å²) >= 11 is 7.88. The van der Waals surface area contributed by atoms with E-state index in [1.165, 1.54) is 17.4 Å². The van der Waals surface area contributed by atoms with Gasteiger partial charge in [-0.2, -0.15) is 0 Å². The summed E-state index contributed by atoms with van der Waals surface area (Å²) < 4.78 is 1.07. The zero-order valence-electron chi connectivity index (χ0n) is 10.4. The summed E-state index contributed by atoms with van der Waals surface area (Å²) in [5, 5.41) is 16.1. The van der Waals surface area contributed by atoms with Gasteiger partial charge in [0.2, 0.25) is 0 Å². The summed E-state index contributed by atoms with van der Waals surface area (Å²) in [6, 6.07) is 2.57. The van der Waals surface area contributed by atoms with Gasteiger partial charge in [0.25, 0.3) is 0 Å². The van der Waals surface area contributed by atoms with Crippen LogP contribution in [0.5, 0.6) is 0 Å². The van der Waals surface area contributed by atoms with Gasteiger partial charge in [0, 0.05) is 14.3 Å². The molecule has 1 aromatic heterocycles. The Labute approximate surface area is 140 Å². The molecular formula is C12H9Br2N3O3S. The number of nitrogens with one attached hydrogen (secondary N) is 2. The van der Waals surface area contributed by atoms with E-state index in [0.717, 1.165) is 5.69 Å². The Morgan fingerprint density at radius 1 is 1.33 bits per heavy atom. The van der Waals surface area contributed by atoms with Crippen LogP contribution in [0.1, 0.15) is 16.1 Å².